The normalized spacial score (nSPS) is 15.8. The van der Waals surface area contributed by atoms with Crippen molar-refractivity contribution in [3.8, 4) is 5.75 Å². The number of likely N-dealkylation sites (tertiary alicyclic amines) is 1. The quantitative estimate of drug-likeness (QED) is 0.903. The number of piperidine rings is 1. The number of halogens is 1. The average molecular weight is 364 g/mol. The van der Waals surface area contributed by atoms with Crippen molar-refractivity contribution in [2.75, 3.05) is 33.7 Å². The van der Waals surface area contributed by atoms with Crippen LogP contribution in [-0.4, -0.2) is 60.5 Å². The molecule has 1 aliphatic heterocycles. The number of likely N-dealkylation sites (N-methyl/N-ethyl adjacent to an activating group) is 1. The number of H-pyrrole nitrogens is 1. The molecule has 0 aliphatic carbocycles. The molecule has 7 heteroatoms. The lowest BCUT2D eigenvalue weighted by molar-refractivity contribution is -0.133. The van der Waals surface area contributed by atoms with Gasteiger partial charge >= 0.3 is 0 Å². The van der Waals surface area contributed by atoms with E-state index < -0.39 is 0 Å². The first kappa shape index (κ1) is 17.8. The highest BCUT2D eigenvalue weighted by Crippen LogP contribution is 2.31. The summed E-state index contributed by atoms with van der Waals surface area (Å²) < 4.78 is 6.05. The topological polar surface area (TPSA) is 65.6 Å². The van der Waals surface area contributed by atoms with Gasteiger partial charge < -0.3 is 19.5 Å². The second-order valence-electron chi connectivity index (χ2n) is 6.61. The number of nitrogens with one attached hydrogen (secondary N) is 1. The van der Waals surface area contributed by atoms with Gasteiger partial charge in [0.05, 0.1) is 11.6 Å². The molecule has 3 rings (SSSR count). The number of carbonyl (C=O) groups excluding carboxylic acids is 1. The van der Waals surface area contributed by atoms with Gasteiger partial charge in [-0.15, -0.1) is 0 Å². The fourth-order valence-corrected chi connectivity index (χ4v) is 3.26. The summed E-state index contributed by atoms with van der Waals surface area (Å²) in [6, 6.07) is 5.26. The van der Waals surface area contributed by atoms with Crippen molar-refractivity contribution in [2.45, 2.75) is 18.9 Å². The predicted molar refractivity (Wildman–Crippen MR) is 98.4 cm³/mol. The Labute approximate surface area is 151 Å². The van der Waals surface area contributed by atoms with Gasteiger partial charge in [0.2, 0.25) is 5.91 Å². The molecule has 1 aliphatic rings. The van der Waals surface area contributed by atoms with E-state index >= 15 is 0 Å². The fourth-order valence-electron chi connectivity index (χ4n) is 3.05. The van der Waals surface area contributed by atoms with Gasteiger partial charge in [-0.3, -0.25) is 9.59 Å². The Morgan fingerprint density at radius 1 is 1.36 bits per heavy atom. The van der Waals surface area contributed by atoms with E-state index in [9.17, 15) is 9.59 Å². The SMILES string of the molecule is CN(C)CC(=O)N1CCC(Oc2cc3cc[nH]c(=O)c3cc2Cl)CC1. The van der Waals surface area contributed by atoms with Crippen LogP contribution in [0.1, 0.15) is 12.8 Å². The number of aromatic amines is 1. The molecule has 0 bridgehead atoms. The third-order valence-electron chi connectivity index (χ3n) is 4.37. The number of rotatable bonds is 4. The highest BCUT2D eigenvalue weighted by molar-refractivity contribution is 6.32. The zero-order chi connectivity index (χ0) is 18.0. The Balaban J connectivity index is 1.66. The van der Waals surface area contributed by atoms with E-state index in [1.165, 1.54) is 0 Å². The number of ether oxygens (including phenoxy) is 1. The van der Waals surface area contributed by atoms with E-state index in [0.29, 0.717) is 35.8 Å². The van der Waals surface area contributed by atoms with Crippen molar-refractivity contribution in [3.05, 3.63) is 39.8 Å². The lowest BCUT2D eigenvalue weighted by Crippen LogP contribution is -2.45. The third-order valence-corrected chi connectivity index (χ3v) is 4.66. The van der Waals surface area contributed by atoms with E-state index in [0.717, 1.165) is 18.2 Å². The summed E-state index contributed by atoms with van der Waals surface area (Å²) in [6.07, 6.45) is 3.16. The van der Waals surface area contributed by atoms with Crippen LogP contribution < -0.4 is 10.3 Å². The molecule has 0 spiro atoms. The molecule has 2 heterocycles. The van der Waals surface area contributed by atoms with Crippen LogP contribution in [0, 0.1) is 0 Å². The molecule has 134 valence electrons. The zero-order valence-electron chi connectivity index (χ0n) is 14.4. The summed E-state index contributed by atoms with van der Waals surface area (Å²) in [6.45, 7) is 1.79. The van der Waals surface area contributed by atoms with E-state index in [1.807, 2.05) is 30.0 Å². The number of hydrogen-bond donors (Lipinski definition) is 1. The highest BCUT2D eigenvalue weighted by Gasteiger charge is 2.24. The summed E-state index contributed by atoms with van der Waals surface area (Å²) in [4.78, 5) is 30.3. The molecule has 0 saturated carbocycles. The first-order valence-electron chi connectivity index (χ1n) is 8.34. The summed E-state index contributed by atoms with van der Waals surface area (Å²) in [5, 5.41) is 1.76. The summed E-state index contributed by atoms with van der Waals surface area (Å²) in [5.74, 6) is 0.726. The second kappa shape index (κ2) is 7.45. The largest absolute Gasteiger partial charge is 0.489 e. The second-order valence-corrected chi connectivity index (χ2v) is 7.02. The van der Waals surface area contributed by atoms with Gasteiger partial charge in [-0.25, -0.2) is 0 Å². The van der Waals surface area contributed by atoms with Gasteiger partial charge in [0.25, 0.3) is 5.56 Å². The molecule has 1 N–H and O–H groups in total. The molecular weight excluding hydrogens is 342 g/mol. The van der Waals surface area contributed by atoms with Crippen molar-refractivity contribution < 1.29 is 9.53 Å². The minimum atomic E-state index is -0.168. The van der Waals surface area contributed by atoms with Gasteiger partial charge in [0, 0.05) is 37.5 Å². The van der Waals surface area contributed by atoms with Crippen molar-refractivity contribution in [3.63, 3.8) is 0 Å². The first-order valence-corrected chi connectivity index (χ1v) is 8.72. The average Bonchev–Trinajstić information content (AvgIpc) is 2.56. The number of hydrogen-bond acceptors (Lipinski definition) is 4. The first-order chi connectivity index (χ1) is 11.9. The molecular formula is C18H22ClN3O3. The monoisotopic (exact) mass is 363 g/mol. The van der Waals surface area contributed by atoms with Gasteiger partial charge in [-0.05, 0) is 37.7 Å². The zero-order valence-corrected chi connectivity index (χ0v) is 15.2. The number of fused-ring (bicyclic) bond motifs is 1. The van der Waals surface area contributed by atoms with E-state index in [-0.39, 0.29) is 17.6 Å². The number of pyridine rings is 1. The lowest BCUT2D eigenvalue weighted by Gasteiger charge is -2.33. The van der Waals surface area contributed by atoms with Crippen molar-refractivity contribution in [1.82, 2.24) is 14.8 Å². The molecule has 0 atom stereocenters. The van der Waals surface area contributed by atoms with Crippen LogP contribution in [-0.2, 0) is 4.79 Å². The van der Waals surface area contributed by atoms with Crippen LogP contribution in [0.5, 0.6) is 5.75 Å². The number of benzene rings is 1. The number of nitrogens with zero attached hydrogens (tertiary/aromatic N) is 2. The standard InChI is InChI=1S/C18H22ClN3O3/c1-21(2)11-17(23)22-7-4-13(5-8-22)25-16-9-12-3-6-20-18(24)14(12)10-15(16)19/h3,6,9-10,13H,4-5,7-8,11H2,1-2H3,(H,20,24). The van der Waals surface area contributed by atoms with E-state index in [1.54, 1.807) is 18.3 Å². The summed E-state index contributed by atoms with van der Waals surface area (Å²) >= 11 is 6.28. The van der Waals surface area contributed by atoms with Crippen LogP contribution in [0.4, 0.5) is 0 Å². The Hall–Kier alpha value is -2.05. The fraction of sp³-hybridized carbons (Fsp3) is 0.444. The molecule has 2 aromatic rings. The maximum absolute atomic E-state index is 12.1. The lowest BCUT2D eigenvalue weighted by atomic mass is 10.1. The van der Waals surface area contributed by atoms with Crippen LogP contribution in [0.3, 0.4) is 0 Å². The van der Waals surface area contributed by atoms with E-state index in [2.05, 4.69) is 4.98 Å². The third kappa shape index (κ3) is 4.14. The van der Waals surface area contributed by atoms with Crippen LogP contribution in [0.25, 0.3) is 10.8 Å². The van der Waals surface area contributed by atoms with Crippen molar-refractivity contribution in [1.29, 1.82) is 0 Å². The molecule has 1 fully saturated rings. The minimum absolute atomic E-state index is 0.0142. The Kier molecular flexibility index (Phi) is 5.30. The number of aromatic nitrogens is 1. The van der Waals surface area contributed by atoms with Crippen LogP contribution in [0.15, 0.2) is 29.2 Å². The molecule has 1 saturated heterocycles. The predicted octanol–water partition coefficient (Wildman–Crippen LogP) is 2.11. The summed E-state index contributed by atoms with van der Waals surface area (Å²) in [5.41, 5.74) is -0.168. The number of carbonyl (C=O) groups is 1. The highest BCUT2D eigenvalue weighted by atomic mass is 35.5. The molecule has 1 aromatic heterocycles. The number of amides is 1. The minimum Gasteiger partial charge on any atom is -0.489 e. The smallest absolute Gasteiger partial charge is 0.255 e. The van der Waals surface area contributed by atoms with Crippen LogP contribution >= 0.6 is 11.6 Å². The Morgan fingerprint density at radius 3 is 2.76 bits per heavy atom. The summed E-state index contributed by atoms with van der Waals surface area (Å²) in [7, 11) is 3.78. The maximum atomic E-state index is 12.1. The van der Waals surface area contributed by atoms with Gasteiger partial charge in [0.1, 0.15) is 11.9 Å². The molecule has 0 unspecified atom stereocenters. The van der Waals surface area contributed by atoms with Gasteiger partial charge in [-0.1, -0.05) is 11.6 Å². The molecule has 0 radical (unpaired) electrons. The Morgan fingerprint density at radius 2 is 2.08 bits per heavy atom. The van der Waals surface area contributed by atoms with Gasteiger partial charge in [0.15, 0.2) is 0 Å². The van der Waals surface area contributed by atoms with Gasteiger partial charge in [-0.2, -0.15) is 0 Å². The molecule has 1 aromatic carbocycles. The molecule has 25 heavy (non-hydrogen) atoms. The molecule has 1 amide bonds. The van der Waals surface area contributed by atoms with Crippen molar-refractivity contribution >= 4 is 28.3 Å². The van der Waals surface area contributed by atoms with E-state index in [4.69, 9.17) is 16.3 Å². The van der Waals surface area contributed by atoms with Crippen molar-refractivity contribution in [2.24, 2.45) is 0 Å². The van der Waals surface area contributed by atoms with Crippen LogP contribution in [0.2, 0.25) is 5.02 Å². The maximum Gasteiger partial charge on any atom is 0.255 e. The Bertz CT molecular complexity index is 826. The molecule has 6 nitrogen and oxygen atoms in total.